The van der Waals surface area contributed by atoms with Crippen LogP contribution in [0.25, 0.3) is 0 Å². The van der Waals surface area contributed by atoms with Gasteiger partial charge in [0.1, 0.15) is 11.5 Å². The normalized spacial score (nSPS) is 11.5. The van der Waals surface area contributed by atoms with Gasteiger partial charge in [-0.1, -0.05) is 36.2 Å². The van der Waals surface area contributed by atoms with Crippen LogP contribution in [-0.2, 0) is 16.0 Å². The van der Waals surface area contributed by atoms with E-state index in [-0.39, 0.29) is 11.6 Å². The molecule has 150 valence electrons. The summed E-state index contributed by atoms with van der Waals surface area (Å²) in [5.74, 6) is -0.221. The fourth-order valence-electron chi connectivity index (χ4n) is 2.11. The van der Waals surface area contributed by atoms with Crippen LogP contribution in [0.3, 0.4) is 0 Å². The molecule has 2 rings (SSSR count). The molecule has 6 nitrogen and oxygen atoms in total. The number of aryl methyl sites for hydroxylation is 1. The molecule has 0 spiro atoms. The average Bonchev–Trinajstić information content (AvgIpc) is 2.67. The quantitative estimate of drug-likeness (QED) is 0.568. The van der Waals surface area contributed by atoms with Gasteiger partial charge in [-0.05, 0) is 65.2 Å². The molecule has 1 atom stereocenters. The molecule has 0 bridgehead atoms. The molecule has 9 heteroatoms. The van der Waals surface area contributed by atoms with Crippen molar-refractivity contribution in [1.29, 1.82) is 0 Å². The van der Waals surface area contributed by atoms with E-state index in [0.29, 0.717) is 16.5 Å². The average molecular weight is 490 g/mol. The van der Waals surface area contributed by atoms with Crippen molar-refractivity contribution in [3.05, 3.63) is 56.5 Å². The Labute approximate surface area is 181 Å². The Balaban J connectivity index is 1.79. The summed E-state index contributed by atoms with van der Waals surface area (Å²) in [6.45, 7) is 3.31. The van der Waals surface area contributed by atoms with E-state index in [1.54, 1.807) is 18.2 Å². The molecular weight excluding hydrogens is 471 g/mol. The SMILES string of the molecule is CCc1ccc(OCC(=O)NNC(=O)C(C)Oc2ccc(Cl)cc2Cl)c(Br)c1. The first kappa shape index (κ1) is 22.3. The summed E-state index contributed by atoms with van der Waals surface area (Å²) in [6, 6.07) is 10.3. The summed E-state index contributed by atoms with van der Waals surface area (Å²) in [7, 11) is 0. The maximum atomic E-state index is 12.1. The summed E-state index contributed by atoms with van der Waals surface area (Å²) in [6.07, 6.45) is 0.00278. The molecule has 0 heterocycles. The van der Waals surface area contributed by atoms with Gasteiger partial charge in [0.05, 0.1) is 9.50 Å². The largest absolute Gasteiger partial charge is 0.483 e. The minimum atomic E-state index is -0.893. The third-order valence-corrected chi connectivity index (χ3v) is 4.81. The molecule has 1 unspecified atom stereocenters. The molecule has 0 saturated heterocycles. The number of hydrazine groups is 1. The molecule has 0 aromatic heterocycles. The third-order valence-electron chi connectivity index (χ3n) is 3.66. The van der Waals surface area contributed by atoms with Crippen molar-refractivity contribution in [3.8, 4) is 11.5 Å². The number of ether oxygens (including phenoxy) is 2. The zero-order valence-electron chi connectivity index (χ0n) is 15.2. The van der Waals surface area contributed by atoms with Crippen LogP contribution in [0.2, 0.25) is 10.0 Å². The standard InChI is InChI=1S/C19H19BrCl2N2O4/c1-3-12-4-6-16(14(20)8-12)27-10-18(25)23-24-19(26)11(2)28-17-7-5-13(21)9-15(17)22/h4-9,11H,3,10H2,1-2H3,(H,23,25)(H,24,26). The second-order valence-electron chi connectivity index (χ2n) is 5.78. The Morgan fingerprint density at radius 1 is 1.11 bits per heavy atom. The number of hydrogen-bond acceptors (Lipinski definition) is 4. The van der Waals surface area contributed by atoms with Gasteiger partial charge >= 0.3 is 0 Å². The van der Waals surface area contributed by atoms with E-state index in [0.717, 1.165) is 16.5 Å². The fraction of sp³-hybridized carbons (Fsp3) is 0.263. The summed E-state index contributed by atoms with van der Waals surface area (Å²) in [5.41, 5.74) is 5.69. The number of carbonyl (C=O) groups is 2. The van der Waals surface area contributed by atoms with Gasteiger partial charge in [0.15, 0.2) is 12.7 Å². The maximum absolute atomic E-state index is 12.1. The molecular formula is C19H19BrCl2N2O4. The summed E-state index contributed by atoms with van der Waals surface area (Å²) < 4.78 is 11.7. The highest BCUT2D eigenvalue weighted by atomic mass is 79.9. The Morgan fingerprint density at radius 3 is 2.46 bits per heavy atom. The molecule has 0 saturated carbocycles. The zero-order valence-corrected chi connectivity index (χ0v) is 18.3. The van der Waals surface area contributed by atoms with Gasteiger partial charge < -0.3 is 9.47 Å². The summed E-state index contributed by atoms with van der Waals surface area (Å²) >= 11 is 15.2. The lowest BCUT2D eigenvalue weighted by molar-refractivity contribution is -0.133. The van der Waals surface area contributed by atoms with Crippen molar-refractivity contribution >= 4 is 50.9 Å². The van der Waals surface area contributed by atoms with Crippen LogP contribution >= 0.6 is 39.1 Å². The van der Waals surface area contributed by atoms with Gasteiger partial charge in [-0.3, -0.25) is 20.4 Å². The van der Waals surface area contributed by atoms with Crippen LogP contribution < -0.4 is 20.3 Å². The third kappa shape index (κ3) is 6.58. The van der Waals surface area contributed by atoms with E-state index in [1.165, 1.54) is 13.0 Å². The van der Waals surface area contributed by atoms with E-state index in [4.69, 9.17) is 32.7 Å². The van der Waals surface area contributed by atoms with E-state index >= 15 is 0 Å². The number of benzene rings is 2. The monoisotopic (exact) mass is 488 g/mol. The van der Waals surface area contributed by atoms with Gasteiger partial charge in [-0.15, -0.1) is 0 Å². The molecule has 0 fully saturated rings. The number of amides is 2. The molecule has 28 heavy (non-hydrogen) atoms. The van der Waals surface area contributed by atoms with Crippen LogP contribution in [-0.4, -0.2) is 24.5 Å². The van der Waals surface area contributed by atoms with Crippen molar-refractivity contribution < 1.29 is 19.1 Å². The number of halogens is 3. The lowest BCUT2D eigenvalue weighted by Gasteiger charge is -2.16. The first-order chi connectivity index (χ1) is 13.3. The first-order valence-electron chi connectivity index (χ1n) is 8.41. The van der Waals surface area contributed by atoms with E-state index in [9.17, 15) is 9.59 Å². The highest BCUT2D eigenvalue weighted by Gasteiger charge is 2.17. The van der Waals surface area contributed by atoms with Gasteiger partial charge in [0.2, 0.25) is 0 Å². The van der Waals surface area contributed by atoms with Crippen LogP contribution in [0.4, 0.5) is 0 Å². The van der Waals surface area contributed by atoms with Gasteiger partial charge in [-0.25, -0.2) is 0 Å². The van der Waals surface area contributed by atoms with Gasteiger partial charge in [0.25, 0.3) is 11.8 Å². The zero-order chi connectivity index (χ0) is 20.7. The van der Waals surface area contributed by atoms with Crippen LogP contribution in [0.15, 0.2) is 40.9 Å². The maximum Gasteiger partial charge on any atom is 0.279 e. The van der Waals surface area contributed by atoms with Crippen molar-refractivity contribution in [2.45, 2.75) is 26.4 Å². The molecule has 2 aromatic carbocycles. The number of carbonyl (C=O) groups excluding carboxylic acids is 2. The predicted octanol–water partition coefficient (Wildman–Crippen LogP) is 4.31. The Kier molecular flexibility index (Phi) is 8.41. The molecule has 0 aliphatic rings. The Hall–Kier alpha value is -1.96. The minimum absolute atomic E-state index is 0.261. The highest BCUT2D eigenvalue weighted by molar-refractivity contribution is 9.10. The van der Waals surface area contributed by atoms with E-state index in [2.05, 4.69) is 26.8 Å². The molecule has 0 radical (unpaired) electrons. The van der Waals surface area contributed by atoms with Crippen molar-refractivity contribution in [2.75, 3.05) is 6.61 Å². The first-order valence-corrected chi connectivity index (χ1v) is 9.96. The lowest BCUT2D eigenvalue weighted by Crippen LogP contribution is -2.48. The fourth-order valence-corrected chi connectivity index (χ4v) is 3.10. The number of nitrogens with one attached hydrogen (secondary N) is 2. The highest BCUT2D eigenvalue weighted by Crippen LogP contribution is 2.28. The van der Waals surface area contributed by atoms with Crippen molar-refractivity contribution in [1.82, 2.24) is 10.9 Å². The Morgan fingerprint density at radius 2 is 1.82 bits per heavy atom. The second kappa shape index (κ2) is 10.5. The van der Waals surface area contributed by atoms with Crippen LogP contribution in [0, 0.1) is 0 Å². The molecule has 2 N–H and O–H groups in total. The van der Waals surface area contributed by atoms with Crippen molar-refractivity contribution in [2.24, 2.45) is 0 Å². The van der Waals surface area contributed by atoms with Crippen LogP contribution in [0.5, 0.6) is 11.5 Å². The molecule has 0 aliphatic carbocycles. The minimum Gasteiger partial charge on any atom is -0.483 e. The Bertz CT molecular complexity index is 864. The van der Waals surface area contributed by atoms with Crippen molar-refractivity contribution in [3.63, 3.8) is 0 Å². The second-order valence-corrected chi connectivity index (χ2v) is 7.48. The lowest BCUT2D eigenvalue weighted by atomic mass is 10.2. The smallest absolute Gasteiger partial charge is 0.279 e. The number of hydrogen-bond donors (Lipinski definition) is 2. The molecule has 2 amide bonds. The van der Waals surface area contributed by atoms with Gasteiger partial charge in [0, 0.05) is 5.02 Å². The number of rotatable bonds is 7. The molecule has 0 aliphatic heterocycles. The topological polar surface area (TPSA) is 76.7 Å². The summed E-state index contributed by atoms with van der Waals surface area (Å²) in [5, 5.41) is 0.738. The van der Waals surface area contributed by atoms with E-state index < -0.39 is 17.9 Å². The summed E-state index contributed by atoms with van der Waals surface area (Å²) in [4.78, 5) is 23.9. The van der Waals surface area contributed by atoms with Gasteiger partial charge in [-0.2, -0.15) is 0 Å². The van der Waals surface area contributed by atoms with Crippen LogP contribution in [0.1, 0.15) is 19.4 Å². The van der Waals surface area contributed by atoms with E-state index in [1.807, 2.05) is 19.1 Å². The predicted molar refractivity (Wildman–Crippen MR) is 112 cm³/mol. The molecule has 2 aromatic rings.